The molecule has 12 heteroatoms. The molecule has 3 atom stereocenters. The second-order valence-electron chi connectivity index (χ2n) is 10.6. The second kappa shape index (κ2) is 16.4. The van der Waals surface area contributed by atoms with Gasteiger partial charge in [-0.15, -0.1) is 0 Å². The van der Waals surface area contributed by atoms with Crippen molar-refractivity contribution in [1.82, 2.24) is 20.9 Å². The number of ether oxygens (including phenoxy) is 2. The van der Waals surface area contributed by atoms with Crippen molar-refractivity contribution < 1.29 is 38.6 Å². The van der Waals surface area contributed by atoms with Crippen molar-refractivity contribution in [3.63, 3.8) is 0 Å². The number of aliphatic hydroxyl groups is 1. The molecule has 41 heavy (non-hydrogen) atoms. The summed E-state index contributed by atoms with van der Waals surface area (Å²) in [6.45, 7) is 6.91. The number of alkyl carbamates (subject to hydrolysis) is 1. The van der Waals surface area contributed by atoms with Crippen molar-refractivity contribution in [3.8, 4) is 0 Å². The summed E-state index contributed by atoms with van der Waals surface area (Å²) < 4.78 is 9.97. The standard InChI is InChI=1S/C29H42N4O8/c1-18(2)14-22(27(37)33-13-9-12-21(15-33)28(38)40-5)30-25(35)23(16-34)31-26(36)24(19(3)4)32-29(39)41-17-20-10-7-6-8-11-20/h6-8,10-12,18-19,22-24,34H,9,13-17H2,1-5H3,(H,30,35)(H,31,36)(H,32,39)/t22-,23-,24-/m0/s1. The highest BCUT2D eigenvalue weighted by molar-refractivity contribution is 5.95. The van der Waals surface area contributed by atoms with Gasteiger partial charge in [0.1, 0.15) is 24.7 Å². The zero-order valence-corrected chi connectivity index (χ0v) is 24.3. The van der Waals surface area contributed by atoms with E-state index >= 15 is 0 Å². The molecule has 0 aromatic heterocycles. The molecule has 0 aliphatic carbocycles. The van der Waals surface area contributed by atoms with E-state index in [1.165, 1.54) is 12.0 Å². The number of hydrogen-bond acceptors (Lipinski definition) is 8. The van der Waals surface area contributed by atoms with Gasteiger partial charge in [-0.1, -0.05) is 64.1 Å². The summed E-state index contributed by atoms with van der Waals surface area (Å²) in [5.41, 5.74) is 1.13. The molecule has 0 bridgehead atoms. The summed E-state index contributed by atoms with van der Waals surface area (Å²) in [6.07, 6.45) is 1.68. The number of carbonyl (C=O) groups is 5. The monoisotopic (exact) mass is 574 g/mol. The van der Waals surface area contributed by atoms with E-state index in [2.05, 4.69) is 16.0 Å². The predicted octanol–water partition coefficient (Wildman–Crippen LogP) is 1.28. The van der Waals surface area contributed by atoms with Crippen molar-refractivity contribution in [2.24, 2.45) is 11.8 Å². The first-order valence-corrected chi connectivity index (χ1v) is 13.7. The molecule has 0 radical (unpaired) electrons. The number of esters is 1. The summed E-state index contributed by atoms with van der Waals surface area (Å²) in [5, 5.41) is 17.6. The maximum Gasteiger partial charge on any atom is 0.408 e. The molecule has 1 aliphatic rings. The fraction of sp³-hybridized carbons (Fsp3) is 0.552. The van der Waals surface area contributed by atoms with Crippen molar-refractivity contribution in [2.45, 2.75) is 65.3 Å². The smallest absolute Gasteiger partial charge is 0.408 e. The number of nitrogens with one attached hydrogen (secondary N) is 3. The van der Waals surface area contributed by atoms with Crippen LogP contribution in [0.25, 0.3) is 0 Å². The van der Waals surface area contributed by atoms with Gasteiger partial charge in [-0.2, -0.15) is 0 Å². The van der Waals surface area contributed by atoms with E-state index < -0.39 is 48.6 Å². The maximum absolute atomic E-state index is 13.4. The Balaban J connectivity index is 2.04. The van der Waals surface area contributed by atoms with Crippen LogP contribution in [0.4, 0.5) is 4.79 Å². The SMILES string of the molecule is COC(=O)C1=CCCN(C(=O)[C@H](CC(C)C)NC(=O)[C@H](CO)NC(=O)[C@@H](NC(=O)OCc2ccccc2)C(C)C)C1. The van der Waals surface area contributed by atoms with E-state index in [1.807, 2.05) is 32.0 Å². The van der Waals surface area contributed by atoms with Gasteiger partial charge >= 0.3 is 12.1 Å². The Morgan fingerprint density at radius 2 is 1.61 bits per heavy atom. The molecular weight excluding hydrogens is 532 g/mol. The first kappa shape index (κ1) is 33.3. The lowest BCUT2D eigenvalue weighted by Gasteiger charge is -2.32. The fourth-order valence-electron chi connectivity index (χ4n) is 4.28. The fourth-order valence-corrected chi connectivity index (χ4v) is 4.28. The quantitative estimate of drug-likeness (QED) is 0.256. The van der Waals surface area contributed by atoms with Gasteiger partial charge in [0.05, 0.1) is 25.8 Å². The molecule has 12 nitrogen and oxygen atoms in total. The summed E-state index contributed by atoms with van der Waals surface area (Å²) in [5.74, 6) is -2.69. The molecule has 0 saturated carbocycles. The third-order valence-corrected chi connectivity index (χ3v) is 6.48. The Kier molecular flexibility index (Phi) is 13.3. The summed E-state index contributed by atoms with van der Waals surface area (Å²) in [7, 11) is 1.27. The van der Waals surface area contributed by atoms with Crippen molar-refractivity contribution in [2.75, 3.05) is 26.8 Å². The van der Waals surface area contributed by atoms with Gasteiger partial charge in [0.2, 0.25) is 17.7 Å². The molecule has 1 aliphatic heterocycles. The number of hydrogen-bond donors (Lipinski definition) is 4. The maximum atomic E-state index is 13.4. The first-order chi connectivity index (χ1) is 19.5. The Morgan fingerprint density at radius 3 is 2.20 bits per heavy atom. The number of methoxy groups -OCH3 is 1. The first-order valence-electron chi connectivity index (χ1n) is 13.7. The molecule has 226 valence electrons. The lowest BCUT2D eigenvalue weighted by molar-refractivity contribution is -0.139. The minimum absolute atomic E-state index is 0.0139. The molecule has 4 amide bonds. The zero-order valence-electron chi connectivity index (χ0n) is 24.3. The second-order valence-corrected chi connectivity index (χ2v) is 10.6. The highest BCUT2D eigenvalue weighted by Crippen LogP contribution is 2.15. The Morgan fingerprint density at radius 1 is 0.951 bits per heavy atom. The van der Waals surface area contributed by atoms with E-state index in [0.29, 0.717) is 25.0 Å². The molecular formula is C29H42N4O8. The van der Waals surface area contributed by atoms with Gasteiger partial charge in [-0.3, -0.25) is 14.4 Å². The third-order valence-electron chi connectivity index (χ3n) is 6.48. The predicted molar refractivity (Wildman–Crippen MR) is 150 cm³/mol. The Labute approximate surface area is 240 Å². The number of benzene rings is 1. The van der Waals surface area contributed by atoms with Crippen LogP contribution in [0.1, 0.15) is 46.1 Å². The molecule has 0 fully saturated rings. The van der Waals surface area contributed by atoms with Gasteiger partial charge in [0.15, 0.2) is 0 Å². The van der Waals surface area contributed by atoms with Crippen LogP contribution in [0, 0.1) is 11.8 Å². The summed E-state index contributed by atoms with van der Waals surface area (Å²) >= 11 is 0. The average Bonchev–Trinajstić information content (AvgIpc) is 2.96. The van der Waals surface area contributed by atoms with Gasteiger partial charge in [-0.25, -0.2) is 9.59 Å². The van der Waals surface area contributed by atoms with Crippen LogP contribution in [0.2, 0.25) is 0 Å². The lowest BCUT2D eigenvalue weighted by Crippen LogP contribution is -2.59. The number of rotatable bonds is 13. The topological polar surface area (TPSA) is 163 Å². The summed E-state index contributed by atoms with van der Waals surface area (Å²) in [6, 6.07) is 5.67. The normalized spacial score (nSPS) is 15.3. The van der Waals surface area contributed by atoms with Gasteiger partial charge < -0.3 is 35.4 Å². The third kappa shape index (κ3) is 10.5. The highest BCUT2D eigenvalue weighted by atomic mass is 16.5. The lowest BCUT2D eigenvalue weighted by atomic mass is 10.0. The van der Waals surface area contributed by atoms with Crippen LogP contribution in [0.5, 0.6) is 0 Å². The van der Waals surface area contributed by atoms with E-state index in [-0.39, 0.29) is 30.9 Å². The van der Waals surface area contributed by atoms with Crippen LogP contribution in [0.15, 0.2) is 42.0 Å². The molecule has 4 N–H and O–H groups in total. The number of nitrogens with zero attached hydrogens (tertiary/aromatic N) is 1. The van der Waals surface area contributed by atoms with E-state index in [9.17, 15) is 29.1 Å². The number of aliphatic hydroxyl groups excluding tert-OH is 1. The van der Waals surface area contributed by atoms with Gasteiger partial charge in [-0.05, 0) is 30.2 Å². The van der Waals surface area contributed by atoms with Crippen LogP contribution in [-0.2, 0) is 35.3 Å². The number of amides is 4. The van der Waals surface area contributed by atoms with Crippen LogP contribution in [-0.4, -0.2) is 84.7 Å². The van der Waals surface area contributed by atoms with Crippen molar-refractivity contribution >= 4 is 29.8 Å². The van der Waals surface area contributed by atoms with Crippen LogP contribution in [0.3, 0.4) is 0 Å². The van der Waals surface area contributed by atoms with E-state index in [0.717, 1.165) is 5.56 Å². The van der Waals surface area contributed by atoms with Crippen molar-refractivity contribution in [3.05, 3.63) is 47.5 Å². The van der Waals surface area contributed by atoms with E-state index in [1.54, 1.807) is 32.1 Å². The van der Waals surface area contributed by atoms with Crippen LogP contribution >= 0.6 is 0 Å². The van der Waals surface area contributed by atoms with Crippen molar-refractivity contribution in [1.29, 1.82) is 0 Å². The number of carbonyl (C=O) groups excluding carboxylic acids is 5. The zero-order chi connectivity index (χ0) is 30.5. The highest BCUT2D eigenvalue weighted by Gasteiger charge is 2.33. The van der Waals surface area contributed by atoms with Crippen LogP contribution < -0.4 is 16.0 Å². The summed E-state index contributed by atoms with van der Waals surface area (Å²) in [4.78, 5) is 65.3. The molecule has 2 rings (SSSR count). The minimum Gasteiger partial charge on any atom is -0.466 e. The molecule has 1 aromatic rings. The van der Waals surface area contributed by atoms with Gasteiger partial charge in [0, 0.05) is 6.54 Å². The molecule has 1 aromatic carbocycles. The Bertz CT molecular complexity index is 1090. The van der Waals surface area contributed by atoms with Gasteiger partial charge in [0.25, 0.3) is 0 Å². The molecule has 0 spiro atoms. The minimum atomic E-state index is -1.37. The van der Waals surface area contributed by atoms with E-state index in [4.69, 9.17) is 9.47 Å². The molecule has 1 heterocycles. The largest absolute Gasteiger partial charge is 0.466 e. The Hall–Kier alpha value is -3.93. The molecule has 0 unspecified atom stereocenters. The average molecular weight is 575 g/mol. The molecule has 0 saturated heterocycles.